The van der Waals surface area contributed by atoms with E-state index in [0.29, 0.717) is 5.56 Å². The Morgan fingerprint density at radius 1 is 1.32 bits per heavy atom. The van der Waals surface area contributed by atoms with Gasteiger partial charge in [-0.05, 0) is 46.1 Å². The molecule has 0 N–H and O–H groups in total. The van der Waals surface area contributed by atoms with Crippen molar-refractivity contribution in [2.45, 2.75) is 57.7 Å². The van der Waals surface area contributed by atoms with Gasteiger partial charge in [0.1, 0.15) is 6.10 Å². The molecule has 3 rings (SSSR count). The van der Waals surface area contributed by atoms with Crippen LogP contribution in [-0.2, 0) is 10.3 Å². The Kier molecular flexibility index (Phi) is 3.76. The maximum absolute atomic E-state index is 12.4. The molecular weight excluding hydrogens is 280 g/mol. The second kappa shape index (κ2) is 5.59. The van der Waals surface area contributed by atoms with Gasteiger partial charge in [-0.15, -0.1) is 0 Å². The predicted octanol–water partition coefficient (Wildman–Crippen LogP) is 2.79. The SMILES string of the molecule is CC(C)(C)n1cc(C(=O)O[C@@H]2CCC[C@H]2n2cccn2)cn1. The second-order valence-electron chi connectivity index (χ2n) is 6.77. The fourth-order valence-corrected chi connectivity index (χ4v) is 2.82. The van der Waals surface area contributed by atoms with E-state index in [9.17, 15) is 4.79 Å². The highest BCUT2D eigenvalue weighted by Crippen LogP contribution is 2.32. The number of carbonyl (C=O) groups is 1. The highest BCUT2D eigenvalue weighted by molar-refractivity contribution is 5.88. The van der Waals surface area contributed by atoms with Gasteiger partial charge in [-0.1, -0.05) is 0 Å². The number of rotatable bonds is 3. The smallest absolute Gasteiger partial charge is 0.341 e. The summed E-state index contributed by atoms with van der Waals surface area (Å²) in [6, 6.07) is 2.03. The van der Waals surface area contributed by atoms with Gasteiger partial charge in [0.05, 0.1) is 23.3 Å². The quantitative estimate of drug-likeness (QED) is 0.818. The Morgan fingerprint density at radius 3 is 2.77 bits per heavy atom. The lowest BCUT2D eigenvalue weighted by Crippen LogP contribution is -2.25. The molecule has 0 aromatic carbocycles. The van der Waals surface area contributed by atoms with E-state index in [1.165, 1.54) is 0 Å². The summed E-state index contributed by atoms with van der Waals surface area (Å²) in [6.45, 7) is 6.12. The highest BCUT2D eigenvalue weighted by Gasteiger charge is 2.32. The van der Waals surface area contributed by atoms with E-state index in [2.05, 4.69) is 10.2 Å². The van der Waals surface area contributed by atoms with E-state index in [1.807, 2.05) is 37.7 Å². The van der Waals surface area contributed by atoms with Crippen LogP contribution in [0.3, 0.4) is 0 Å². The van der Waals surface area contributed by atoms with Crippen molar-refractivity contribution in [3.8, 4) is 0 Å². The lowest BCUT2D eigenvalue weighted by atomic mass is 10.1. The molecular formula is C16H22N4O2. The largest absolute Gasteiger partial charge is 0.456 e. The number of ether oxygens (including phenoxy) is 1. The van der Waals surface area contributed by atoms with Crippen molar-refractivity contribution in [2.24, 2.45) is 0 Å². The van der Waals surface area contributed by atoms with Crippen LogP contribution in [0.4, 0.5) is 0 Å². The van der Waals surface area contributed by atoms with E-state index < -0.39 is 0 Å². The first kappa shape index (κ1) is 14.8. The Bertz CT molecular complexity index is 639. The van der Waals surface area contributed by atoms with Crippen LogP contribution in [0.5, 0.6) is 0 Å². The van der Waals surface area contributed by atoms with E-state index in [1.54, 1.807) is 23.3 Å². The normalized spacial score (nSPS) is 22.0. The van der Waals surface area contributed by atoms with Gasteiger partial charge in [0.15, 0.2) is 0 Å². The minimum absolute atomic E-state index is 0.120. The maximum Gasteiger partial charge on any atom is 0.341 e. The molecule has 1 aliphatic rings. The Labute approximate surface area is 130 Å². The first-order valence-corrected chi connectivity index (χ1v) is 7.70. The Hall–Kier alpha value is -2.11. The number of aromatic nitrogens is 4. The number of hydrogen-bond donors (Lipinski definition) is 0. The summed E-state index contributed by atoms with van der Waals surface area (Å²) in [4.78, 5) is 12.4. The summed E-state index contributed by atoms with van der Waals surface area (Å²) < 4.78 is 9.38. The molecule has 2 atom stereocenters. The van der Waals surface area contributed by atoms with Crippen molar-refractivity contribution < 1.29 is 9.53 Å². The minimum Gasteiger partial charge on any atom is -0.456 e. The lowest BCUT2D eigenvalue weighted by Gasteiger charge is -2.20. The fourth-order valence-electron chi connectivity index (χ4n) is 2.82. The maximum atomic E-state index is 12.4. The van der Waals surface area contributed by atoms with Crippen LogP contribution in [0.15, 0.2) is 30.9 Å². The van der Waals surface area contributed by atoms with E-state index in [4.69, 9.17) is 4.74 Å². The molecule has 118 valence electrons. The van der Waals surface area contributed by atoms with Gasteiger partial charge in [-0.25, -0.2) is 4.79 Å². The van der Waals surface area contributed by atoms with Crippen LogP contribution < -0.4 is 0 Å². The van der Waals surface area contributed by atoms with Crippen molar-refractivity contribution >= 4 is 5.97 Å². The van der Waals surface area contributed by atoms with E-state index in [0.717, 1.165) is 19.3 Å². The zero-order valence-electron chi connectivity index (χ0n) is 13.3. The fraction of sp³-hybridized carbons (Fsp3) is 0.562. The van der Waals surface area contributed by atoms with Crippen LogP contribution in [0, 0.1) is 0 Å². The molecule has 1 fully saturated rings. The average Bonchev–Trinajstić information content (AvgIpc) is 3.19. The summed E-state index contributed by atoms with van der Waals surface area (Å²) in [5, 5.41) is 8.52. The van der Waals surface area contributed by atoms with Crippen molar-refractivity contribution in [3.05, 3.63) is 36.4 Å². The van der Waals surface area contributed by atoms with Crippen LogP contribution in [0.1, 0.15) is 56.4 Å². The Balaban J connectivity index is 1.70. The van der Waals surface area contributed by atoms with Crippen LogP contribution in [0.25, 0.3) is 0 Å². The number of esters is 1. The van der Waals surface area contributed by atoms with Crippen LogP contribution in [-0.4, -0.2) is 31.6 Å². The predicted molar refractivity (Wildman–Crippen MR) is 81.5 cm³/mol. The van der Waals surface area contributed by atoms with Gasteiger partial charge < -0.3 is 4.74 Å². The van der Waals surface area contributed by atoms with Crippen molar-refractivity contribution in [1.29, 1.82) is 0 Å². The molecule has 0 bridgehead atoms. The van der Waals surface area contributed by atoms with Crippen molar-refractivity contribution in [2.75, 3.05) is 0 Å². The van der Waals surface area contributed by atoms with Gasteiger partial charge in [-0.2, -0.15) is 10.2 Å². The average molecular weight is 302 g/mol. The van der Waals surface area contributed by atoms with Crippen molar-refractivity contribution in [1.82, 2.24) is 19.6 Å². The highest BCUT2D eigenvalue weighted by atomic mass is 16.5. The zero-order chi connectivity index (χ0) is 15.7. The molecule has 0 amide bonds. The molecule has 1 aliphatic carbocycles. The molecule has 1 saturated carbocycles. The van der Waals surface area contributed by atoms with Gasteiger partial charge in [0.2, 0.25) is 0 Å². The first-order chi connectivity index (χ1) is 10.4. The molecule has 0 saturated heterocycles. The van der Waals surface area contributed by atoms with Crippen molar-refractivity contribution in [3.63, 3.8) is 0 Å². The molecule has 2 aromatic heterocycles. The number of carbonyl (C=O) groups excluding carboxylic acids is 1. The van der Waals surface area contributed by atoms with E-state index >= 15 is 0 Å². The monoisotopic (exact) mass is 302 g/mol. The summed E-state index contributed by atoms with van der Waals surface area (Å²) in [7, 11) is 0. The summed E-state index contributed by atoms with van der Waals surface area (Å²) >= 11 is 0. The summed E-state index contributed by atoms with van der Waals surface area (Å²) in [6.07, 6.45) is 9.80. The Morgan fingerprint density at radius 2 is 2.14 bits per heavy atom. The van der Waals surface area contributed by atoms with E-state index in [-0.39, 0.29) is 23.7 Å². The topological polar surface area (TPSA) is 61.9 Å². The molecule has 0 unspecified atom stereocenters. The third-order valence-corrected chi connectivity index (χ3v) is 4.05. The third-order valence-electron chi connectivity index (χ3n) is 4.05. The summed E-state index contributed by atoms with van der Waals surface area (Å²) in [5.74, 6) is -0.306. The molecule has 6 heteroatoms. The number of nitrogens with zero attached hydrogens (tertiary/aromatic N) is 4. The van der Waals surface area contributed by atoms with Gasteiger partial charge in [0.25, 0.3) is 0 Å². The van der Waals surface area contributed by atoms with Gasteiger partial charge in [0, 0.05) is 18.6 Å². The molecule has 0 radical (unpaired) electrons. The molecule has 22 heavy (non-hydrogen) atoms. The molecule has 6 nitrogen and oxygen atoms in total. The minimum atomic E-state index is -0.306. The molecule has 0 aliphatic heterocycles. The first-order valence-electron chi connectivity index (χ1n) is 7.70. The number of hydrogen-bond acceptors (Lipinski definition) is 4. The molecule has 2 aromatic rings. The second-order valence-corrected chi connectivity index (χ2v) is 6.77. The lowest BCUT2D eigenvalue weighted by molar-refractivity contribution is 0.0209. The molecule has 2 heterocycles. The van der Waals surface area contributed by atoms with Gasteiger partial charge >= 0.3 is 5.97 Å². The summed E-state index contributed by atoms with van der Waals surface area (Å²) in [5.41, 5.74) is 0.352. The van der Waals surface area contributed by atoms with Crippen LogP contribution >= 0.6 is 0 Å². The van der Waals surface area contributed by atoms with Gasteiger partial charge in [-0.3, -0.25) is 9.36 Å². The standard InChI is InChI=1S/C16H22N4O2/c1-16(2,3)20-11-12(10-18-20)15(21)22-14-7-4-6-13(14)19-9-5-8-17-19/h5,8-11,13-14H,4,6-7H2,1-3H3/t13-,14-/m1/s1. The van der Waals surface area contributed by atoms with Crippen LogP contribution in [0.2, 0.25) is 0 Å². The molecule has 0 spiro atoms. The zero-order valence-corrected chi connectivity index (χ0v) is 13.3. The third kappa shape index (κ3) is 2.91.